The number of nitrogens with two attached hydrogens (primary N) is 1. The Balaban J connectivity index is 1.77. The second-order valence-corrected chi connectivity index (χ2v) is 7.21. The Labute approximate surface area is 166 Å². The maximum absolute atomic E-state index is 11.2. The van der Waals surface area contributed by atoms with Gasteiger partial charge in [-0.1, -0.05) is 59.6 Å². The van der Waals surface area contributed by atoms with Crippen LogP contribution in [-0.2, 0) is 5.60 Å². The number of H-pyrrole nitrogens is 1. The summed E-state index contributed by atoms with van der Waals surface area (Å²) in [5.74, 6) is 0. The largest absolute Gasteiger partial charge is 0.379 e. The van der Waals surface area contributed by atoms with Crippen LogP contribution in [0.25, 0.3) is 22.2 Å². The van der Waals surface area contributed by atoms with Gasteiger partial charge in [-0.25, -0.2) is 4.98 Å². The number of pyridine rings is 1. The molecule has 0 amide bonds. The summed E-state index contributed by atoms with van der Waals surface area (Å²) in [6.45, 7) is 0.0527. The van der Waals surface area contributed by atoms with Gasteiger partial charge in [0.25, 0.3) is 0 Å². The van der Waals surface area contributed by atoms with E-state index < -0.39 is 5.60 Å². The number of aromatic nitrogens is 2. The summed E-state index contributed by atoms with van der Waals surface area (Å²) in [5, 5.41) is 13.3. The molecule has 2 aromatic carbocycles. The van der Waals surface area contributed by atoms with Crippen molar-refractivity contribution in [3.8, 4) is 11.1 Å². The molecule has 4 N–H and O–H groups in total. The SMILES string of the molecule is NCC(O)(c1ccc(Cl)cc1)c1ccc(-c2ccnc3[nH]cc(Cl)c23)cc1. The average Bonchev–Trinajstić information content (AvgIpc) is 3.09. The first-order valence-corrected chi connectivity index (χ1v) is 9.19. The maximum Gasteiger partial charge on any atom is 0.139 e. The zero-order valence-corrected chi connectivity index (χ0v) is 15.8. The number of nitrogens with zero attached hydrogens (tertiary/aromatic N) is 1. The van der Waals surface area contributed by atoms with Gasteiger partial charge in [0.1, 0.15) is 11.2 Å². The van der Waals surface area contributed by atoms with E-state index in [9.17, 15) is 5.11 Å². The highest BCUT2D eigenvalue weighted by atomic mass is 35.5. The van der Waals surface area contributed by atoms with Gasteiger partial charge >= 0.3 is 0 Å². The van der Waals surface area contributed by atoms with Crippen molar-refractivity contribution in [2.75, 3.05) is 6.54 Å². The third-order valence-corrected chi connectivity index (χ3v) is 5.37. The lowest BCUT2D eigenvalue weighted by Gasteiger charge is -2.28. The molecule has 0 aliphatic carbocycles. The van der Waals surface area contributed by atoms with E-state index in [-0.39, 0.29) is 6.54 Å². The molecule has 27 heavy (non-hydrogen) atoms. The van der Waals surface area contributed by atoms with Crippen molar-refractivity contribution < 1.29 is 5.11 Å². The molecule has 4 nitrogen and oxygen atoms in total. The number of nitrogens with one attached hydrogen (secondary N) is 1. The quantitative estimate of drug-likeness (QED) is 0.465. The predicted molar refractivity (Wildman–Crippen MR) is 110 cm³/mol. The van der Waals surface area contributed by atoms with Crippen LogP contribution in [0.3, 0.4) is 0 Å². The van der Waals surface area contributed by atoms with Crippen LogP contribution in [0, 0.1) is 0 Å². The van der Waals surface area contributed by atoms with E-state index >= 15 is 0 Å². The Kier molecular flexibility index (Phi) is 4.66. The molecule has 136 valence electrons. The first-order valence-electron chi connectivity index (χ1n) is 8.44. The molecule has 2 aromatic heterocycles. The molecular formula is C21H17Cl2N3O. The van der Waals surface area contributed by atoms with Crippen LogP contribution in [0.15, 0.2) is 67.0 Å². The fourth-order valence-electron chi connectivity index (χ4n) is 3.31. The second-order valence-electron chi connectivity index (χ2n) is 6.37. The molecule has 0 bridgehead atoms. The zero-order chi connectivity index (χ0) is 19.0. The summed E-state index contributed by atoms with van der Waals surface area (Å²) in [7, 11) is 0. The van der Waals surface area contributed by atoms with Crippen molar-refractivity contribution in [2.24, 2.45) is 5.73 Å². The summed E-state index contributed by atoms with van der Waals surface area (Å²) in [4.78, 5) is 7.36. The standard InChI is InChI=1S/C21H17Cl2N3O/c22-16-7-5-15(6-8-16)21(27,12-24)14-3-1-13(2-4-14)17-9-10-25-20-19(17)18(23)11-26-20/h1-11,27H,12,24H2,(H,25,26). The van der Waals surface area contributed by atoms with Crippen LogP contribution in [0.2, 0.25) is 10.0 Å². The number of hydrogen-bond donors (Lipinski definition) is 3. The molecule has 6 heteroatoms. The molecule has 0 fully saturated rings. The van der Waals surface area contributed by atoms with Crippen molar-refractivity contribution in [3.63, 3.8) is 0 Å². The smallest absolute Gasteiger partial charge is 0.139 e. The van der Waals surface area contributed by atoms with Gasteiger partial charge < -0.3 is 15.8 Å². The Bertz CT molecular complexity index is 1090. The van der Waals surface area contributed by atoms with Gasteiger partial charge in [0, 0.05) is 29.3 Å². The van der Waals surface area contributed by atoms with E-state index in [1.54, 1.807) is 36.7 Å². The molecule has 0 saturated carbocycles. The molecule has 2 heterocycles. The Hall–Kier alpha value is -2.37. The summed E-state index contributed by atoms with van der Waals surface area (Å²) in [6, 6.07) is 16.6. The van der Waals surface area contributed by atoms with Crippen LogP contribution in [0.5, 0.6) is 0 Å². The highest BCUT2D eigenvalue weighted by Gasteiger charge is 2.30. The van der Waals surface area contributed by atoms with Gasteiger partial charge in [-0.05, 0) is 40.5 Å². The number of rotatable bonds is 4. The minimum atomic E-state index is -1.29. The predicted octanol–water partition coefficient (Wildman–Crippen LogP) is 4.73. The maximum atomic E-state index is 11.2. The fraction of sp³-hybridized carbons (Fsp3) is 0.0952. The molecular weight excluding hydrogens is 381 g/mol. The van der Waals surface area contributed by atoms with Crippen molar-refractivity contribution in [2.45, 2.75) is 5.60 Å². The molecule has 0 spiro atoms. The molecule has 1 atom stereocenters. The fourth-order valence-corrected chi connectivity index (χ4v) is 3.68. The topological polar surface area (TPSA) is 74.9 Å². The van der Waals surface area contributed by atoms with Gasteiger partial charge in [0.15, 0.2) is 0 Å². The summed E-state index contributed by atoms with van der Waals surface area (Å²) in [6.07, 6.45) is 3.47. The van der Waals surface area contributed by atoms with E-state index in [2.05, 4.69) is 9.97 Å². The van der Waals surface area contributed by atoms with Crippen molar-refractivity contribution in [1.29, 1.82) is 0 Å². The van der Waals surface area contributed by atoms with Gasteiger partial charge in [-0.3, -0.25) is 0 Å². The second kappa shape index (κ2) is 6.98. The molecule has 4 aromatic rings. The number of fused-ring (bicyclic) bond motifs is 1. The molecule has 0 saturated heterocycles. The molecule has 1 unspecified atom stereocenters. The van der Waals surface area contributed by atoms with Crippen molar-refractivity contribution >= 4 is 34.2 Å². The summed E-state index contributed by atoms with van der Waals surface area (Å²) in [5.41, 5.74) is 8.73. The molecule has 0 aliphatic heterocycles. The van der Waals surface area contributed by atoms with E-state index in [1.807, 2.05) is 30.3 Å². The third kappa shape index (κ3) is 3.11. The minimum Gasteiger partial charge on any atom is -0.379 e. The number of benzene rings is 2. The van der Waals surface area contributed by atoms with E-state index in [0.29, 0.717) is 21.2 Å². The van der Waals surface area contributed by atoms with Gasteiger partial charge in [-0.15, -0.1) is 0 Å². The highest BCUT2D eigenvalue weighted by molar-refractivity contribution is 6.36. The molecule has 4 rings (SSSR count). The van der Waals surface area contributed by atoms with Crippen LogP contribution < -0.4 is 5.73 Å². The van der Waals surface area contributed by atoms with E-state index in [1.165, 1.54) is 0 Å². The zero-order valence-electron chi connectivity index (χ0n) is 14.3. The van der Waals surface area contributed by atoms with Crippen molar-refractivity contribution in [3.05, 3.63) is 88.2 Å². The number of hydrogen-bond acceptors (Lipinski definition) is 3. The average molecular weight is 398 g/mol. The number of aliphatic hydroxyl groups is 1. The van der Waals surface area contributed by atoms with Crippen LogP contribution in [0.1, 0.15) is 11.1 Å². The van der Waals surface area contributed by atoms with Gasteiger partial charge in [0.2, 0.25) is 0 Å². The Morgan fingerprint density at radius 2 is 1.59 bits per heavy atom. The first-order chi connectivity index (χ1) is 13.0. The number of aromatic amines is 1. The normalized spacial score (nSPS) is 13.6. The number of halogens is 2. The summed E-state index contributed by atoms with van der Waals surface area (Å²) >= 11 is 12.3. The highest BCUT2D eigenvalue weighted by Crippen LogP contribution is 2.35. The summed E-state index contributed by atoms with van der Waals surface area (Å²) < 4.78 is 0. The molecule has 0 aliphatic rings. The Morgan fingerprint density at radius 1 is 0.963 bits per heavy atom. The van der Waals surface area contributed by atoms with E-state index in [0.717, 1.165) is 22.2 Å². The van der Waals surface area contributed by atoms with Gasteiger partial charge in [0.05, 0.1) is 5.02 Å². The van der Waals surface area contributed by atoms with Crippen LogP contribution in [-0.4, -0.2) is 21.6 Å². The van der Waals surface area contributed by atoms with E-state index in [4.69, 9.17) is 28.9 Å². The van der Waals surface area contributed by atoms with Crippen molar-refractivity contribution in [1.82, 2.24) is 9.97 Å². The van der Waals surface area contributed by atoms with Crippen LogP contribution >= 0.6 is 23.2 Å². The first kappa shape index (κ1) is 18.0. The minimum absolute atomic E-state index is 0.0527. The lowest BCUT2D eigenvalue weighted by molar-refractivity contribution is 0.0902. The lowest BCUT2D eigenvalue weighted by atomic mass is 9.85. The molecule has 0 radical (unpaired) electrons. The Morgan fingerprint density at radius 3 is 2.22 bits per heavy atom. The monoisotopic (exact) mass is 397 g/mol. The van der Waals surface area contributed by atoms with Gasteiger partial charge in [-0.2, -0.15) is 0 Å². The third-order valence-electron chi connectivity index (χ3n) is 4.82. The van der Waals surface area contributed by atoms with Crippen LogP contribution in [0.4, 0.5) is 0 Å². The lowest BCUT2D eigenvalue weighted by Crippen LogP contribution is -2.36.